The third kappa shape index (κ3) is 3.73. The number of nitrogens with one attached hydrogen (secondary N) is 1. The number of anilines is 1. The molecule has 6 rings (SSSR count). The molecule has 1 amide bonds. The SMILES string of the molecule is O=C(NCCN1CCCC1)c1c(=O)c2ccc(N3CCOCC3)nc2n2c1sc1ccccc12. The van der Waals surface area contributed by atoms with E-state index in [1.807, 2.05) is 40.8 Å². The molecule has 34 heavy (non-hydrogen) atoms. The zero-order valence-electron chi connectivity index (χ0n) is 19.0. The predicted octanol–water partition coefficient (Wildman–Crippen LogP) is 2.72. The number of likely N-dealkylation sites (tertiary alicyclic amines) is 1. The van der Waals surface area contributed by atoms with Crippen LogP contribution >= 0.6 is 11.3 Å². The van der Waals surface area contributed by atoms with Crippen LogP contribution in [-0.4, -0.2) is 72.7 Å². The fourth-order valence-electron chi connectivity index (χ4n) is 4.97. The van der Waals surface area contributed by atoms with Crippen LogP contribution in [0.4, 0.5) is 5.82 Å². The number of carbonyl (C=O) groups excluding carboxylic acids is 1. The maximum Gasteiger partial charge on any atom is 0.258 e. The van der Waals surface area contributed by atoms with Gasteiger partial charge < -0.3 is 19.9 Å². The summed E-state index contributed by atoms with van der Waals surface area (Å²) in [5.74, 6) is 0.509. The van der Waals surface area contributed by atoms with Crippen molar-refractivity contribution >= 4 is 49.1 Å². The van der Waals surface area contributed by atoms with Gasteiger partial charge in [0.25, 0.3) is 5.91 Å². The van der Waals surface area contributed by atoms with Gasteiger partial charge in [-0.15, -0.1) is 11.3 Å². The third-order valence-electron chi connectivity index (χ3n) is 6.75. The van der Waals surface area contributed by atoms with Gasteiger partial charge in [-0.1, -0.05) is 12.1 Å². The average molecular weight is 478 g/mol. The van der Waals surface area contributed by atoms with Crippen molar-refractivity contribution < 1.29 is 9.53 Å². The van der Waals surface area contributed by atoms with E-state index in [4.69, 9.17) is 9.72 Å². The number of para-hydroxylation sites is 1. The number of pyridine rings is 2. The molecule has 176 valence electrons. The Morgan fingerprint density at radius 3 is 2.68 bits per heavy atom. The van der Waals surface area contributed by atoms with Crippen LogP contribution in [0.2, 0.25) is 0 Å². The molecular formula is C25H27N5O3S. The van der Waals surface area contributed by atoms with Crippen LogP contribution in [0.1, 0.15) is 23.2 Å². The van der Waals surface area contributed by atoms with Gasteiger partial charge in [-0.3, -0.25) is 14.0 Å². The van der Waals surface area contributed by atoms with Gasteiger partial charge in [-0.25, -0.2) is 4.98 Å². The van der Waals surface area contributed by atoms with Crippen molar-refractivity contribution in [3.8, 4) is 0 Å². The number of hydrogen-bond acceptors (Lipinski definition) is 7. The molecule has 3 aromatic heterocycles. The lowest BCUT2D eigenvalue weighted by atomic mass is 10.1. The molecular weight excluding hydrogens is 450 g/mol. The first kappa shape index (κ1) is 21.5. The number of carbonyl (C=O) groups is 1. The van der Waals surface area contributed by atoms with Gasteiger partial charge in [0.15, 0.2) is 5.65 Å². The largest absolute Gasteiger partial charge is 0.378 e. The highest BCUT2D eigenvalue weighted by atomic mass is 32.1. The topological polar surface area (TPSA) is 79.2 Å². The van der Waals surface area contributed by atoms with E-state index in [2.05, 4.69) is 15.1 Å². The lowest BCUT2D eigenvalue weighted by molar-refractivity contribution is 0.0950. The molecule has 2 saturated heterocycles. The molecule has 1 N–H and O–H groups in total. The second kappa shape index (κ2) is 8.98. The fourth-order valence-corrected chi connectivity index (χ4v) is 6.15. The normalized spacial score (nSPS) is 17.2. The summed E-state index contributed by atoms with van der Waals surface area (Å²) >= 11 is 1.46. The van der Waals surface area contributed by atoms with E-state index in [-0.39, 0.29) is 16.9 Å². The summed E-state index contributed by atoms with van der Waals surface area (Å²) in [6, 6.07) is 11.7. The van der Waals surface area contributed by atoms with E-state index < -0.39 is 0 Å². The van der Waals surface area contributed by atoms with Gasteiger partial charge in [0.2, 0.25) is 5.43 Å². The van der Waals surface area contributed by atoms with Crippen molar-refractivity contribution in [2.75, 3.05) is 57.4 Å². The summed E-state index contributed by atoms with van der Waals surface area (Å²) in [7, 11) is 0. The molecule has 5 heterocycles. The first-order valence-electron chi connectivity index (χ1n) is 11.9. The highest BCUT2D eigenvalue weighted by molar-refractivity contribution is 7.24. The molecule has 0 radical (unpaired) electrons. The van der Waals surface area contributed by atoms with Crippen LogP contribution in [0.5, 0.6) is 0 Å². The molecule has 4 aromatic rings. The minimum Gasteiger partial charge on any atom is -0.378 e. The zero-order chi connectivity index (χ0) is 23.1. The molecule has 2 aliphatic heterocycles. The molecule has 1 aromatic carbocycles. The molecule has 0 spiro atoms. The van der Waals surface area contributed by atoms with E-state index in [0.717, 1.165) is 48.8 Å². The van der Waals surface area contributed by atoms with Gasteiger partial charge in [0.1, 0.15) is 16.2 Å². The number of amides is 1. The Labute approximate surface area is 200 Å². The lowest BCUT2D eigenvalue weighted by Crippen LogP contribution is -2.37. The van der Waals surface area contributed by atoms with Gasteiger partial charge in [0.05, 0.1) is 28.8 Å². The summed E-state index contributed by atoms with van der Waals surface area (Å²) in [6.07, 6.45) is 2.42. The molecule has 0 aliphatic carbocycles. The number of rotatable bonds is 5. The summed E-state index contributed by atoms with van der Waals surface area (Å²) in [5, 5.41) is 3.46. The predicted molar refractivity (Wildman–Crippen MR) is 135 cm³/mol. The quantitative estimate of drug-likeness (QED) is 0.476. The second-order valence-corrected chi connectivity index (χ2v) is 9.89. The zero-order valence-corrected chi connectivity index (χ0v) is 19.8. The van der Waals surface area contributed by atoms with Gasteiger partial charge in [-0.05, 0) is 50.2 Å². The Bertz CT molecular complexity index is 1430. The molecule has 2 fully saturated rings. The van der Waals surface area contributed by atoms with Crippen molar-refractivity contribution in [2.45, 2.75) is 12.8 Å². The van der Waals surface area contributed by atoms with Crippen LogP contribution in [0.3, 0.4) is 0 Å². The van der Waals surface area contributed by atoms with E-state index in [1.54, 1.807) is 0 Å². The van der Waals surface area contributed by atoms with E-state index in [1.165, 1.54) is 24.2 Å². The van der Waals surface area contributed by atoms with E-state index >= 15 is 0 Å². The highest BCUT2D eigenvalue weighted by Crippen LogP contribution is 2.31. The molecule has 8 nitrogen and oxygen atoms in total. The molecule has 9 heteroatoms. The van der Waals surface area contributed by atoms with Gasteiger partial charge in [0, 0.05) is 26.2 Å². The maximum atomic E-state index is 13.6. The van der Waals surface area contributed by atoms with Crippen LogP contribution < -0.4 is 15.6 Å². The van der Waals surface area contributed by atoms with Crippen LogP contribution in [-0.2, 0) is 4.74 Å². The Hall–Kier alpha value is -3.01. The number of nitrogens with zero attached hydrogens (tertiary/aromatic N) is 4. The van der Waals surface area contributed by atoms with Crippen molar-refractivity contribution in [1.82, 2.24) is 19.6 Å². The summed E-state index contributed by atoms with van der Waals surface area (Å²) in [4.78, 5) is 37.0. The Morgan fingerprint density at radius 2 is 1.85 bits per heavy atom. The van der Waals surface area contributed by atoms with E-state index in [0.29, 0.717) is 35.6 Å². The standard InChI is InChI=1S/C25H27N5O3S/c31-22-17-7-8-20(29-13-15-33-16-14-29)27-23(17)30-18-5-1-2-6-19(18)34-25(30)21(22)24(32)26-9-12-28-10-3-4-11-28/h1-2,5-8H,3-4,9-16H2,(H,26,32). The minimum atomic E-state index is -0.313. The Kier molecular flexibility index (Phi) is 5.68. The smallest absolute Gasteiger partial charge is 0.258 e. The average Bonchev–Trinajstić information content (AvgIpc) is 3.52. The number of aromatic nitrogens is 2. The second-order valence-electron chi connectivity index (χ2n) is 8.86. The molecule has 2 aliphatic rings. The molecule has 0 atom stereocenters. The number of fused-ring (bicyclic) bond motifs is 5. The minimum absolute atomic E-state index is 0.205. The maximum absolute atomic E-state index is 13.6. The Balaban J connectivity index is 1.47. The molecule has 0 bridgehead atoms. The molecule has 0 unspecified atom stereocenters. The fraction of sp³-hybridized carbons (Fsp3) is 0.400. The number of hydrogen-bond donors (Lipinski definition) is 1. The summed E-state index contributed by atoms with van der Waals surface area (Å²) in [6.45, 7) is 6.33. The summed E-state index contributed by atoms with van der Waals surface area (Å²) in [5.41, 5.74) is 1.48. The summed E-state index contributed by atoms with van der Waals surface area (Å²) < 4.78 is 8.47. The van der Waals surface area contributed by atoms with Gasteiger partial charge in [-0.2, -0.15) is 0 Å². The van der Waals surface area contributed by atoms with E-state index in [9.17, 15) is 9.59 Å². The third-order valence-corrected chi connectivity index (χ3v) is 7.89. The van der Waals surface area contributed by atoms with Crippen molar-refractivity contribution in [1.29, 1.82) is 0 Å². The first-order chi connectivity index (χ1) is 16.7. The van der Waals surface area contributed by atoms with Crippen molar-refractivity contribution in [2.24, 2.45) is 0 Å². The van der Waals surface area contributed by atoms with Crippen LogP contribution in [0.25, 0.3) is 26.1 Å². The monoisotopic (exact) mass is 477 g/mol. The highest BCUT2D eigenvalue weighted by Gasteiger charge is 2.24. The number of ether oxygens (including phenoxy) is 1. The first-order valence-corrected chi connectivity index (χ1v) is 12.7. The van der Waals surface area contributed by atoms with Gasteiger partial charge >= 0.3 is 0 Å². The number of thiazole rings is 1. The Morgan fingerprint density at radius 1 is 1.06 bits per heavy atom. The van der Waals surface area contributed by atoms with Crippen molar-refractivity contribution in [3.05, 3.63) is 52.2 Å². The van der Waals surface area contributed by atoms with Crippen LogP contribution in [0.15, 0.2) is 41.2 Å². The molecule has 0 saturated carbocycles. The number of benzene rings is 1. The van der Waals surface area contributed by atoms with Crippen LogP contribution in [0, 0.1) is 0 Å². The lowest BCUT2D eigenvalue weighted by Gasteiger charge is -2.28. The number of morpholine rings is 1. The van der Waals surface area contributed by atoms with Crippen molar-refractivity contribution in [3.63, 3.8) is 0 Å².